The van der Waals surface area contributed by atoms with Gasteiger partial charge in [0.25, 0.3) is 11.5 Å². The quantitative estimate of drug-likeness (QED) is 0.476. The number of carbonyl (C=O) groups is 1. The first-order valence-electron chi connectivity index (χ1n) is 8.86. The van der Waals surface area contributed by atoms with Crippen molar-refractivity contribution >= 4 is 40.6 Å². The molecule has 28 heavy (non-hydrogen) atoms. The van der Waals surface area contributed by atoms with E-state index in [0.717, 1.165) is 5.56 Å². The summed E-state index contributed by atoms with van der Waals surface area (Å²) in [4.78, 5) is 30.4. The summed E-state index contributed by atoms with van der Waals surface area (Å²) in [5.41, 5.74) is 1.78. The van der Waals surface area contributed by atoms with Crippen molar-refractivity contribution in [1.82, 2.24) is 14.5 Å². The van der Waals surface area contributed by atoms with Gasteiger partial charge in [-0.2, -0.15) is 0 Å². The maximum absolute atomic E-state index is 13.0. The minimum atomic E-state index is -0.205. The van der Waals surface area contributed by atoms with E-state index in [1.54, 1.807) is 35.2 Å². The molecule has 0 saturated carbocycles. The van der Waals surface area contributed by atoms with Crippen LogP contribution in [0, 0.1) is 4.77 Å². The van der Waals surface area contributed by atoms with Gasteiger partial charge in [-0.05, 0) is 55.0 Å². The van der Waals surface area contributed by atoms with Crippen molar-refractivity contribution in [3.05, 3.63) is 86.4 Å². The fourth-order valence-corrected chi connectivity index (χ4v) is 3.53. The molecule has 0 unspecified atom stereocenters. The molecule has 144 valence electrons. The standard InChI is InChI=1S/C21H20ClN3O2S/c1-3-10-25-20(27)17-9-8-15(12-18(17)23-21(25)28)19(26)24(4-2)13-14-6-5-7-16(22)11-14/h3,5-9,11-12H,1,4,10,13H2,2H3,(H,23,28). The maximum atomic E-state index is 13.0. The number of aromatic nitrogens is 2. The third kappa shape index (κ3) is 4.08. The van der Waals surface area contributed by atoms with Gasteiger partial charge in [-0.3, -0.25) is 14.2 Å². The molecule has 0 spiro atoms. The average molecular weight is 414 g/mol. The molecule has 0 bridgehead atoms. The molecule has 0 aliphatic heterocycles. The molecule has 1 N–H and O–H groups in total. The summed E-state index contributed by atoms with van der Waals surface area (Å²) >= 11 is 11.3. The molecule has 0 aliphatic rings. The number of carbonyl (C=O) groups excluding carboxylic acids is 1. The summed E-state index contributed by atoms with van der Waals surface area (Å²) < 4.78 is 1.73. The van der Waals surface area contributed by atoms with Crippen molar-refractivity contribution < 1.29 is 4.79 Å². The lowest BCUT2D eigenvalue weighted by Crippen LogP contribution is -2.30. The molecule has 0 aliphatic carbocycles. The highest BCUT2D eigenvalue weighted by Crippen LogP contribution is 2.17. The lowest BCUT2D eigenvalue weighted by molar-refractivity contribution is 0.0752. The zero-order valence-electron chi connectivity index (χ0n) is 15.4. The average Bonchev–Trinajstić information content (AvgIpc) is 2.68. The molecule has 0 saturated heterocycles. The Morgan fingerprint density at radius 2 is 2.11 bits per heavy atom. The SMILES string of the molecule is C=CCn1c(=S)[nH]c2cc(C(=O)N(CC)Cc3cccc(Cl)c3)ccc2c1=O. The molecular weight excluding hydrogens is 394 g/mol. The Morgan fingerprint density at radius 1 is 1.32 bits per heavy atom. The van der Waals surface area contributed by atoms with E-state index in [1.165, 1.54) is 4.57 Å². The van der Waals surface area contributed by atoms with Gasteiger partial charge in [0.15, 0.2) is 4.77 Å². The Labute approximate surface area is 172 Å². The monoisotopic (exact) mass is 413 g/mol. The highest BCUT2D eigenvalue weighted by atomic mass is 35.5. The molecule has 0 radical (unpaired) electrons. The predicted octanol–water partition coefficient (Wildman–Crippen LogP) is 4.56. The van der Waals surface area contributed by atoms with Crippen molar-refractivity contribution in [3.63, 3.8) is 0 Å². The first-order valence-corrected chi connectivity index (χ1v) is 9.64. The second kappa shape index (κ2) is 8.54. The topological polar surface area (TPSA) is 58.1 Å². The van der Waals surface area contributed by atoms with E-state index in [0.29, 0.717) is 45.9 Å². The Hall–Kier alpha value is -2.70. The highest BCUT2D eigenvalue weighted by Gasteiger charge is 2.16. The van der Waals surface area contributed by atoms with E-state index >= 15 is 0 Å². The molecule has 3 rings (SSSR count). The zero-order chi connectivity index (χ0) is 20.3. The van der Waals surface area contributed by atoms with Crippen LogP contribution in [0.4, 0.5) is 0 Å². The van der Waals surface area contributed by atoms with Crippen LogP contribution in [0.25, 0.3) is 10.9 Å². The van der Waals surface area contributed by atoms with Crippen molar-refractivity contribution in [2.75, 3.05) is 6.54 Å². The van der Waals surface area contributed by atoms with E-state index in [1.807, 2.05) is 25.1 Å². The van der Waals surface area contributed by atoms with Crippen LogP contribution in [-0.2, 0) is 13.1 Å². The molecule has 0 atom stereocenters. The van der Waals surface area contributed by atoms with E-state index in [-0.39, 0.29) is 11.5 Å². The number of hydrogen-bond acceptors (Lipinski definition) is 3. The predicted molar refractivity (Wildman–Crippen MR) is 115 cm³/mol. The number of nitrogens with zero attached hydrogens (tertiary/aromatic N) is 2. The number of halogens is 1. The van der Waals surface area contributed by atoms with Crippen LogP contribution >= 0.6 is 23.8 Å². The van der Waals surface area contributed by atoms with Crippen molar-refractivity contribution in [3.8, 4) is 0 Å². The summed E-state index contributed by atoms with van der Waals surface area (Å²) in [7, 11) is 0. The zero-order valence-corrected chi connectivity index (χ0v) is 17.0. The molecule has 3 aromatic rings. The summed E-state index contributed by atoms with van der Waals surface area (Å²) in [6.45, 7) is 6.89. The summed E-state index contributed by atoms with van der Waals surface area (Å²) in [5, 5.41) is 1.11. The lowest BCUT2D eigenvalue weighted by atomic mass is 10.1. The van der Waals surface area contributed by atoms with Crippen molar-refractivity contribution in [2.45, 2.75) is 20.0 Å². The number of H-pyrrole nitrogens is 1. The summed E-state index contributed by atoms with van der Waals surface area (Å²) in [6, 6.07) is 12.4. The van der Waals surface area contributed by atoms with Gasteiger partial charge < -0.3 is 9.88 Å². The van der Waals surface area contributed by atoms with Gasteiger partial charge in [0.1, 0.15) is 0 Å². The Bertz CT molecular complexity index is 1170. The smallest absolute Gasteiger partial charge is 0.262 e. The number of aromatic amines is 1. The second-order valence-electron chi connectivity index (χ2n) is 6.34. The fourth-order valence-electron chi connectivity index (χ4n) is 3.05. The number of amides is 1. The third-order valence-electron chi connectivity index (χ3n) is 4.47. The number of rotatable bonds is 6. The maximum Gasteiger partial charge on any atom is 0.262 e. The number of allylic oxidation sites excluding steroid dienone is 1. The number of fused-ring (bicyclic) bond motifs is 1. The number of hydrogen-bond donors (Lipinski definition) is 1. The third-order valence-corrected chi connectivity index (χ3v) is 5.03. The van der Waals surface area contributed by atoms with Crippen LogP contribution in [0.2, 0.25) is 5.02 Å². The Kier molecular flexibility index (Phi) is 6.11. The molecule has 1 aromatic heterocycles. The van der Waals surface area contributed by atoms with Gasteiger partial charge in [0.05, 0.1) is 10.9 Å². The minimum absolute atomic E-state index is 0.126. The molecule has 0 fully saturated rings. The fraction of sp³-hybridized carbons (Fsp3) is 0.190. The number of benzene rings is 2. The van der Waals surface area contributed by atoms with Gasteiger partial charge in [-0.1, -0.05) is 29.8 Å². The number of nitrogens with one attached hydrogen (secondary N) is 1. The van der Waals surface area contributed by atoms with Crippen LogP contribution in [0.5, 0.6) is 0 Å². The Morgan fingerprint density at radius 3 is 2.79 bits per heavy atom. The van der Waals surface area contributed by atoms with Crippen LogP contribution in [0.3, 0.4) is 0 Å². The van der Waals surface area contributed by atoms with Crippen LogP contribution in [-0.4, -0.2) is 26.9 Å². The Balaban J connectivity index is 1.96. The summed E-state index contributed by atoms with van der Waals surface area (Å²) in [6.07, 6.45) is 1.61. The van der Waals surface area contributed by atoms with E-state index < -0.39 is 0 Å². The van der Waals surface area contributed by atoms with Gasteiger partial charge >= 0.3 is 0 Å². The van der Waals surface area contributed by atoms with Gasteiger partial charge in [-0.25, -0.2) is 0 Å². The minimum Gasteiger partial charge on any atom is -0.335 e. The molecule has 7 heteroatoms. The van der Waals surface area contributed by atoms with Gasteiger partial charge in [-0.15, -0.1) is 6.58 Å². The van der Waals surface area contributed by atoms with E-state index in [9.17, 15) is 9.59 Å². The molecule has 2 aromatic carbocycles. The van der Waals surface area contributed by atoms with Crippen LogP contribution < -0.4 is 5.56 Å². The normalized spacial score (nSPS) is 10.8. The molecule has 5 nitrogen and oxygen atoms in total. The van der Waals surface area contributed by atoms with E-state index in [2.05, 4.69) is 11.6 Å². The first kappa shape index (κ1) is 20.0. The molecule has 1 amide bonds. The largest absolute Gasteiger partial charge is 0.335 e. The second-order valence-corrected chi connectivity index (χ2v) is 7.17. The molecule has 1 heterocycles. The van der Waals surface area contributed by atoms with Gasteiger partial charge in [0, 0.05) is 30.2 Å². The van der Waals surface area contributed by atoms with Crippen molar-refractivity contribution in [1.29, 1.82) is 0 Å². The van der Waals surface area contributed by atoms with Crippen LogP contribution in [0.15, 0.2) is 59.9 Å². The van der Waals surface area contributed by atoms with Gasteiger partial charge in [0.2, 0.25) is 0 Å². The lowest BCUT2D eigenvalue weighted by Gasteiger charge is -2.21. The highest BCUT2D eigenvalue weighted by molar-refractivity contribution is 7.71. The summed E-state index contributed by atoms with van der Waals surface area (Å²) in [5.74, 6) is -0.126. The molecular formula is C21H20ClN3O2S. The first-order chi connectivity index (χ1) is 13.4. The van der Waals surface area contributed by atoms with E-state index in [4.69, 9.17) is 23.8 Å². The van der Waals surface area contributed by atoms with Crippen LogP contribution in [0.1, 0.15) is 22.8 Å². The van der Waals surface area contributed by atoms with Crippen molar-refractivity contribution in [2.24, 2.45) is 0 Å².